The first kappa shape index (κ1) is 22.3. The number of halogens is 9. The van der Waals surface area contributed by atoms with E-state index in [0.717, 1.165) is 6.07 Å². The fraction of sp³-hybridized carbons (Fsp3) is 0.571. The number of ether oxygens (including phenoxy) is 1. The van der Waals surface area contributed by atoms with E-state index in [2.05, 4.69) is 37.9 Å². The molecule has 1 heterocycles. The fourth-order valence-corrected chi connectivity index (χ4v) is 5.16. The minimum atomic E-state index is -6.56. The Labute approximate surface area is 163 Å². The highest BCUT2D eigenvalue weighted by Crippen LogP contribution is 2.51. The summed E-state index contributed by atoms with van der Waals surface area (Å²) in [6.45, 7) is 0.406. The van der Waals surface area contributed by atoms with E-state index in [-0.39, 0.29) is 20.9 Å². The highest BCUT2D eigenvalue weighted by atomic mass is 79.9. The quantitative estimate of drug-likeness (QED) is 0.362. The summed E-state index contributed by atoms with van der Waals surface area (Å²) < 4.78 is 109. The summed E-state index contributed by atoms with van der Waals surface area (Å²) in [5.41, 5.74) is -0.115. The van der Waals surface area contributed by atoms with Gasteiger partial charge in [-0.25, -0.2) is 0 Å². The second kappa shape index (κ2) is 7.76. The van der Waals surface area contributed by atoms with E-state index in [9.17, 15) is 35.3 Å². The highest BCUT2D eigenvalue weighted by molar-refractivity contribution is 9.11. The van der Waals surface area contributed by atoms with Gasteiger partial charge in [0.2, 0.25) is 0 Å². The van der Waals surface area contributed by atoms with Gasteiger partial charge in [-0.05, 0) is 44.7 Å². The van der Waals surface area contributed by atoms with Gasteiger partial charge >= 0.3 is 17.4 Å². The van der Waals surface area contributed by atoms with Crippen LogP contribution in [0.5, 0.6) is 0 Å². The van der Waals surface area contributed by atoms with E-state index < -0.39 is 39.5 Å². The Morgan fingerprint density at radius 3 is 2.31 bits per heavy atom. The van der Waals surface area contributed by atoms with Crippen LogP contribution in [0.4, 0.5) is 30.7 Å². The molecule has 0 aliphatic carbocycles. The Morgan fingerprint density at radius 1 is 1.19 bits per heavy atom. The molecular weight excluding hydrogens is 525 g/mol. The molecule has 2 rings (SSSR count). The molecule has 0 N–H and O–H groups in total. The van der Waals surface area contributed by atoms with Crippen molar-refractivity contribution in [2.24, 2.45) is 0 Å². The zero-order valence-corrected chi connectivity index (χ0v) is 16.6. The molecule has 2 unspecified atom stereocenters. The largest absolute Gasteiger partial charge is 0.607 e. The summed E-state index contributed by atoms with van der Waals surface area (Å²) in [6, 6.07) is 3.41. The van der Waals surface area contributed by atoms with Crippen LogP contribution in [-0.4, -0.2) is 34.6 Å². The maximum atomic E-state index is 13.9. The Hall–Kier alpha value is -0.0400. The molecule has 0 saturated carbocycles. The van der Waals surface area contributed by atoms with Crippen molar-refractivity contribution in [2.75, 3.05) is 6.61 Å². The Morgan fingerprint density at radius 2 is 1.81 bits per heavy atom. The van der Waals surface area contributed by atoms with Crippen LogP contribution in [0.2, 0.25) is 0 Å². The van der Waals surface area contributed by atoms with Crippen molar-refractivity contribution >= 4 is 43.0 Å². The van der Waals surface area contributed by atoms with Crippen molar-refractivity contribution in [1.82, 2.24) is 0 Å². The standard InChI is InChI=1S/C14H10Br2F7O2S/c15-7-4-10(16)9(6-8-2-1-3-25-8)11(5-7)26(24)14(22,23)12(17,18)13(19,20)21/h5,8H,1-3,6H2. The SMILES string of the molecule is [O-][S+](c1cc(Br)[c]c(Br)c1CC1CCCO1)C(F)(F)C(F)(F)C(F)(F)F. The van der Waals surface area contributed by atoms with E-state index in [1.165, 1.54) is 0 Å². The predicted octanol–water partition coefficient (Wildman–Crippen LogP) is 5.63. The molecular formula is C14H10Br2F7O2S. The first-order valence-electron chi connectivity index (χ1n) is 7.05. The molecule has 1 aliphatic rings. The first-order valence-corrected chi connectivity index (χ1v) is 9.78. The van der Waals surface area contributed by atoms with Crippen LogP contribution >= 0.6 is 31.9 Å². The molecule has 0 amide bonds. The fourth-order valence-electron chi connectivity index (χ4n) is 2.33. The van der Waals surface area contributed by atoms with E-state index in [4.69, 9.17) is 4.74 Å². The van der Waals surface area contributed by atoms with Crippen LogP contribution in [0.25, 0.3) is 0 Å². The summed E-state index contributed by atoms with van der Waals surface area (Å²) in [5, 5.41) is -5.86. The van der Waals surface area contributed by atoms with Gasteiger partial charge in [0.05, 0.1) is 17.3 Å². The minimum Gasteiger partial charge on any atom is -0.607 e. The van der Waals surface area contributed by atoms with E-state index in [0.29, 0.717) is 19.4 Å². The maximum Gasteiger partial charge on any atom is 0.486 e. The third kappa shape index (κ3) is 4.18. The van der Waals surface area contributed by atoms with Crippen LogP contribution in [0, 0.1) is 6.07 Å². The molecule has 1 aromatic rings. The van der Waals surface area contributed by atoms with Gasteiger partial charge in [-0.2, -0.15) is 22.0 Å². The third-order valence-electron chi connectivity index (χ3n) is 3.66. The van der Waals surface area contributed by atoms with Crippen LogP contribution in [0.1, 0.15) is 18.4 Å². The topological polar surface area (TPSA) is 32.3 Å². The van der Waals surface area contributed by atoms with Gasteiger partial charge in [-0.15, -0.1) is 8.78 Å². The number of hydrogen-bond acceptors (Lipinski definition) is 2. The molecule has 1 aromatic carbocycles. The monoisotopic (exact) mass is 533 g/mol. The third-order valence-corrected chi connectivity index (χ3v) is 6.25. The average Bonchev–Trinajstić information content (AvgIpc) is 3.00. The van der Waals surface area contributed by atoms with Crippen molar-refractivity contribution < 1.29 is 40.0 Å². The lowest BCUT2D eigenvalue weighted by atomic mass is 10.1. The Kier molecular flexibility index (Phi) is 6.64. The van der Waals surface area contributed by atoms with Crippen molar-refractivity contribution in [1.29, 1.82) is 0 Å². The van der Waals surface area contributed by atoms with Crippen molar-refractivity contribution in [3.63, 3.8) is 0 Å². The molecule has 0 bridgehead atoms. The van der Waals surface area contributed by atoms with E-state index in [1.54, 1.807) is 0 Å². The molecule has 1 fully saturated rings. The Bertz CT molecular complexity index is 663. The van der Waals surface area contributed by atoms with Gasteiger partial charge in [0.15, 0.2) is 4.90 Å². The summed E-state index contributed by atoms with van der Waals surface area (Å²) in [4.78, 5) is -0.841. The van der Waals surface area contributed by atoms with Crippen molar-refractivity contribution in [2.45, 2.75) is 47.6 Å². The number of benzene rings is 1. The minimum absolute atomic E-state index is 0.0249. The lowest BCUT2D eigenvalue weighted by Gasteiger charge is -2.29. The van der Waals surface area contributed by atoms with E-state index >= 15 is 0 Å². The maximum absolute atomic E-state index is 13.9. The van der Waals surface area contributed by atoms with Crippen LogP contribution < -0.4 is 0 Å². The molecule has 1 aliphatic heterocycles. The molecule has 2 atom stereocenters. The van der Waals surface area contributed by atoms with Gasteiger partial charge in [-0.3, -0.25) is 0 Å². The van der Waals surface area contributed by atoms with Gasteiger partial charge in [-0.1, -0.05) is 0 Å². The molecule has 1 radical (unpaired) electrons. The lowest BCUT2D eigenvalue weighted by molar-refractivity contribution is -0.332. The molecule has 1 saturated heterocycles. The molecule has 12 heteroatoms. The van der Waals surface area contributed by atoms with Crippen LogP contribution in [-0.2, 0) is 22.3 Å². The van der Waals surface area contributed by atoms with Gasteiger partial charge in [0.25, 0.3) is 0 Å². The zero-order chi connectivity index (χ0) is 19.9. The molecule has 0 aromatic heterocycles. The second-order valence-electron chi connectivity index (χ2n) is 5.47. The van der Waals surface area contributed by atoms with Crippen molar-refractivity contribution in [3.8, 4) is 0 Å². The van der Waals surface area contributed by atoms with Gasteiger partial charge < -0.3 is 9.29 Å². The first-order chi connectivity index (χ1) is 11.8. The highest BCUT2D eigenvalue weighted by Gasteiger charge is 2.80. The predicted molar refractivity (Wildman–Crippen MR) is 85.7 cm³/mol. The molecule has 0 spiro atoms. The summed E-state index contributed by atoms with van der Waals surface area (Å²) in [5.74, 6) is -6.47. The van der Waals surface area contributed by atoms with E-state index in [1.807, 2.05) is 0 Å². The number of rotatable bonds is 5. The number of hydrogen-bond donors (Lipinski definition) is 0. The molecule has 26 heavy (non-hydrogen) atoms. The summed E-state index contributed by atoms with van der Waals surface area (Å²) >= 11 is 1.90. The van der Waals surface area contributed by atoms with Gasteiger partial charge in [0.1, 0.15) is 0 Å². The van der Waals surface area contributed by atoms with Crippen LogP contribution in [0.15, 0.2) is 19.9 Å². The zero-order valence-electron chi connectivity index (χ0n) is 12.6. The normalized spacial score (nSPS) is 20.5. The molecule has 147 valence electrons. The summed E-state index contributed by atoms with van der Waals surface area (Å²) in [7, 11) is 0. The Balaban J connectivity index is 2.48. The van der Waals surface area contributed by atoms with Gasteiger partial charge in [0, 0.05) is 39.7 Å². The smallest absolute Gasteiger partial charge is 0.486 e. The lowest BCUT2D eigenvalue weighted by Crippen LogP contribution is -2.56. The second-order valence-corrected chi connectivity index (χ2v) is 8.61. The molecule has 2 nitrogen and oxygen atoms in total. The van der Waals surface area contributed by atoms with Crippen molar-refractivity contribution in [3.05, 3.63) is 26.6 Å². The van der Waals surface area contributed by atoms with Crippen LogP contribution in [0.3, 0.4) is 0 Å². The summed E-state index contributed by atoms with van der Waals surface area (Å²) in [6.07, 6.45) is -5.86. The number of alkyl halides is 7. The average molecular weight is 535 g/mol.